The number of fused-ring (bicyclic) bond motifs is 2. The number of benzene rings is 2. The normalized spacial score (nSPS) is 27.6. The maximum absolute atomic E-state index is 14.3. The molecule has 3 aliphatic heterocycles. The average Bonchev–Trinajstić information content (AvgIpc) is 2.97. The van der Waals surface area contributed by atoms with E-state index in [1.807, 2.05) is 34.1 Å². The molecule has 6 nitrogen and oxygen atoms in total. The van der Waals surface area contributed by atoms with E-state index in [1.165, 1.54) is 0 Å². The summed E-state index contributed by atoms with van der Waals surface area (Å²) in [4.78, 5) is 32.4. The molecule has 6 heteroatoms. The molecule has 0 spiro atoms. The molecule has 3 saturated heterocycles. The third-order valence-electron chi connectivity index (χ3n) is 8.62. The van der Waals surface area contributed by atoms with Crippen molar-refractivity contribution in [2.75, 3.05) is 27.4 Å². The number of carbonyl (C=O) groups is 2. The molecule has 5 rings (SSSR count). The number of piperidine rings is 2. The first-order valence-electron chi connectivity index (χ1n) is 14.2. The van der Waals surface area contributed by atoms with Crippen LogP contribution in [-0.4, -0.2) is 61.1 Å². The highest BCUT2D eigenvalue weighted by atomic mass is 16.5. The van der Waals surface area contributed by atoms with Crippen LogP contribution in [0.5, 0.6) is 0 Å². The lowest BCUT2D eigenvalue weighted by Crippen LogP contribution is -2.69. The third-order valence-corrected chi connectivity index (χ3v) is 8.62. The summed E-state index contributed by atoms with van der Waals surface area (Å²) in [7, 11) is 3.25. The minimum Gasteiger partial charge on any atom is -0.372 e. The number of carbonyl (C=O) groups excluding carboxylic acids is 2. The third kappa shape index (κ3) is 5.39. The predicted octanol–water partition coefficient (Wildman–Crippen LogP) is 4.73. The van der Waals surface area contributed by atoms with E-state index in [2.05, 4.69) is 61.8 Å². The largest absolute Gasteiger partial charge is 0.372 e. The van der Waals surface area contributed by atoms with E-state index in [-0.39, 0.29) is 35.7 Å². The van der Waals surface area contributed by atoms with E-state index in [0.29, 0.717) is 26.1 Å². The van der Waals surface area contributed by atoms with Gasteiger partial charge in [-0.25, -0.2) is 0 Å². The van der Waals surface area contributed by atoms with Gasteiger partial charge in [0.15, 0.2) is 0 Å². The van der Waals surface area contributed by atoms with Gasteiger partial charge in [-0.3, -0.25) is 9.59 Å². The van der Waals surface area contributed by atoms with Crippen LogP contribution in [0.25, 0.3) is 0 Å². The van der Waals surface area contributed by atoms with Gasteiger partial charge in [0.2, 0.25) is 11.8 Å². The Hall–Kier alpha value is -3.58. The Labute approximate surface area is 238 Å². The van der Waals surface area contributed by atoms with Crippen molar-refractivity contribution in [2.45, 2.75) is 63.7 Å². The van der Waals surface area contributed by atoms with Crippen LogP contribution in [0.3, 0.4) is 0 Å². The smallest absolute Gasteiger partial charge is 0.246 e. The van der Waals surface area contributed by atoms with Gasteiger partial charge in [0.05, 0.1) is 12.1 Å². The lowest BCUT2D eigenvalue weighted by molar-refractivity contribution is -0.177. The van der Waals surface area contributed by atoms with Crippen molar-refractivity contribution in [2.24, 2.45) is 11.8 Å². The summed E-state index contributed by atoms with van der Waals surface area (Å²) in [5.74, 6) is 12.9. The Balaban J connectivity index is 1.43. The fraction of sp³-hybridized carbons (Fsp3) is 0.471. The number of rotatable bonds is 4. The summed E-state index contributed by atoms with van der Waals surface area (Å²) in [5.41, 5.74) is 3.95. The Kier molecular flexibility index (Phi) is 8.60. The summed E-state index contributed by atoms with van der Waals surface area (Å²) >= 11 is 0. The van der Waals surface area contributed by atoms with Gasteiger partial charge in [0, 0.05) is 25.3 Å². The molecular weight excluding hydrogens is 500 g/mol. The summed E-state index contributed by atoms with van der Waals surface area (Å²) < 4.78 is 10.0. The summed E-state index contributed by atoms with van der Waals surface area (Å²) in [6, 6.07) is 15.1. The highest BCUT2D eigenvalue weighted by Crippen LogP contribution is 2.47. The van der Waals surface area contributed by atoms with Gasteiger partial charge in [0.25, 0.3) is 0 Å². The number of hydrogen-bond donors (Lipinski definition) is 0. The summed E-state index contributed by atoms with van der Waals surface area (Å²) in [5, 5.41) is 0. The maximum Gasteiger partial charge on any atom is 0.246 e. The summed E-state index contributed by atoms with van der Waals surface area (Å²) in [6.07, 6.45) is 3.18. The van der Waals surface area contributed by atoms with Crippen LogP contribution >= 0.6 is 0 Å². The Bertz CT molecular complexity index is 1240. The summed E-state index contributed by atoms with van der Waals surface area (Å²) in [6.45, 7) is 5.16. The first-order valence-corrected chi connectivity index (χ1v) is 14.2. The second-order valence-electron chi connectivity index (χ2n) is 11.2. The molecule has 208 valence electrons. The van der Waals surface area contributed by atoms with Gasteiger partial charge in [0.1, 0.15) is 25.3 Å². The first kappa shape index (κ1) is 28.0. The van der Waals surface area contributed by atoms with Crippen LogP contribution in [0, 0.1) is 35.5 Å². The number of piperazine rings is 1. The van der Waals surface area contributed by atoms with Gasteiger partial charge < -0.3 is 19.3 Å². The van der Waals surface area contributed by atoms with Gasteiger partial charge in [-0.15, -0.1) is 0 Å². The van der Waals surface area contributed by atoms with Crippen LogP contribution in [-0.2, 0) is 19.1 Å². The van der Waals surface area contributed by atoms with Crippen LogP contribution in [0.1, 0.15) is 73.9 Å². The van der Waals surface area contributed by atoms with Crippen molar-refractivity contribution in [3.05, 3.63) is 70.8 Å². The molecule has 0 aromatic heterocycles. The lowest BCUT2D eigenvalue weighted by atomic mass is 9.76. The molecule has 2 aromatic rings. The molecule has 2 aromatic carbocycles. The minimum absolute atomic E-state index is 0.0871. The zero-order valence-corrected chi connectivity index (χ0v) is 23.9. The van der Waals surface area contributed by atoms with E-state index in [1.54, 1.807) is 14.2 Å². The quantitative estimate of drug-likeness (QED) is 0.528. The van der Waals surface area contributed by atoms with E-state index >= 15 is 0 Å². The SMILES string of the molecule is COCC#Cc1ccc([C@H]2[C@H](C)CC[C@H]3C(=O)N4[C@@H](CC[C@@H](C)[C@@H]4c4ccc(C#CCOC)cc4)C(=O)N32)cc1. The monoisotopic (exact) mass is 538 g/mol. The van der Waals surface area contributed by atoms with Gasteiger partial charge in [-0.1, -0.05) is 61.8 Å². The molecule has 0 aliphatic carbocycles. The number of nitrogens with zero attached hydrogens (tertiary/aromatic N) is 2. The molecule has 2 amide bonds. The molecule has 40 heavy (non-hydrogen) atoms. The number of amides is 2. The van der Waals surface area contributed by atoms with Gasteiger partial charge in [-0.05, 0) is 72.9 Å². The Morgan fingerprint density at radius 3 is 1.38 bits per heavy atom. The average molecular weight is 539 g/mol. The van der Waals surface area contributed by atoms with Crippen molar-refractivity contribution in [1.29, 1.82) is 0 Å². The van der Waals surface area contributed by atoms with Crippen molar-refractivity contribution in [3.8, 4) is 23.7 Å². The van der Waals surface area contributed by atoms with E-state index in [4.69, 9.17) is 9.47 Å². The van der Waals surface area contributed by atoms with Crippen LogP contribution in [0.2, 0.25) is 0 Å². The standard InChI is InChI=1S/C34H38N2O4/c1-23-9-19-29-34(38)36-30(20-10-24(2)32(36)28-17-13-26(14-18-28)8-6-22-40-4)33(37)35(29)31(23)27-15-11-25(12-16-27)7-5-21-39-3/h11-18,23-24,29-32H,9-10,19-22H2,1-4H3/t23-,24-,29+,30+,31-,32-/m1/s1. The van der Waals surface area contributed by atoms with Crippen LogP contribution in [0.15, 0.2) is 48.5 Å². The second-order valence-corrected chi connectivity index (χ2v) is 11.2. The number of hydrogen-bond acceptors (Lipinski definition) is 4. The van der Waals surface area contributed by atoms with Crippen molar-refractivity contribution in [3.63, 3.8) is 0 Å². The molecule has 0 saturated carbocycles. The Morgan fingerprint density at radius 1 is 0.650 bits per heavy atom. The number of methoxy groups -OCH3 is 2. The van der Waals surface area contributed by atoms with Crippen molar-refractivity contribution >= 4 is 11.8 Å². The predicted molar refractivity (Wildman–Crippen MR) is 154 cm³/mol. The first-order chi connectivity index (χ1) is 19.4. The van der Waals surface area contributed by atoms with E-state index < -0.39 is 12.1 Å². The highest BCUT2D eigenvalue weighted by Gasteiger charge is 2.55. The minimum atomic E-state index is -0.432. The fourth-order valence-electron chi connectivity index (χ4n) is 6.71. The molecule has 3 heterocycles. The zero-order chi connectivity index (χ0) is 28.2. The molecule has 3 aliphatic rings. The molecule has 0 bridgehead atoms. The topological polar surface area (TPSA) is 59.1 Å². The molecular formula is C34H38N2O4. The molecule has 0 unspecified atom stereocenters. The maximum atomic E-state index is 14.3. The second kappa shape index (κ2) is 12.3. The lowest BCUT2D eigenvalue weighted by Gasteiger charge is -2.56. The zero-order valence-electron chi connectivity index (χ0n) is 23.9. The van der Waals surface area contributed by atoms with Gasteiger partial charge in [-0.2, -0.15) is 0 Å². The molecule has 0 N–H and O–H groups in total. The highest BCUT2D eigenvalue weighted by molar-refractivity contribution is 5.98. The molecule has 0 radical (unpaired) electrons. The number of ether oxygens (including phenoxy) is 2. The van der Waals surface area contributed by atoms with Crippen LogP contribution in [0.4, 0.5) is 0 Å². The van der Waals surface area contributed by atoms with E-state index in [0.717, 1.165) is 35.1 Å². The molecule has 3 fully saturated rings. The van der Waals surface area contributed by atoms with Crippen molar-refractivity contribution in [1.82, 2.24) is 9.80 Å². The molecule has 6 atom stereocenters. The Morgan fingerprint density at radius 2 is 1.02 bits per heavy atom. The van der Waals surface area contributed by atoms with Gasteiger partial charge >= 0.3 is 0 Å². The van der Waals surface area contributed by atoms with Crippen LogP contribution < -0.4 is 0 Å². The van der Waals surface area contributed by atoms with E-state index in [9.17, 15) is 9.59 Å². The fourth-order valence-corrected chi connectivity index (χ4v) is 6.71. The van der Waals surface area contributed by atoms with Crippen molar-refractivity contribution < 1.29 is 19.1 Å².